The smallest absolute Gasteiger partial charge is 0.406 e. The van der Waals surface area contributed by atoms with E-state index in [-0.39, 0.29) is 16.9 Å². The van der Waals surface area contributed by atoms with Gasteiger partial charge in [-0.15, -0.1) is 0 Å². The van der Waals surface area contributed by atoms with E-state index in [1.54, 1.807) is 23.8 Å². The van der Waals surface area contributed by atoms with Crippen molar-refractivity contribution in [1.29, 1.82) is 0 Å². The van der Waals surface area contributed by atoms with Gasteiger partial charge in [0.2, 0.25) is 5.75 Å². The Morgan fingerprint density at radius 1 is 1.17 bits per heavy atom. The zero-order valence-electron chi connectivity index (χ0n) is 17.9. The molecule has 0 fully saturated rings. The lowest BCUT2D eigenvalue weighted by atomic mass is 10.0. The number of alkyl halides is 2. The van der Waals surface area contributed by atoms with E-state index in [1.165, 1.54) is 42.9 Å². The third kappa shape index (κ3) is 5.25. The highest BCUT2D eigenvalue weighted by Gasteiger charge is 2.24. The molecule has 1 atom stereocenters. The van der Waals surface area contributed by atoms with Crippen molar-refractivity contribution < 1.29 is 22.8 Å². The molecule has 0 aliphatic heterocycles. The third-order valence-electron chi connectivity index (χ3n) is 5.16. The fraction of sp³-hybridized carbons (Fsp3) is 0.182. The van der Waals surface area contributed by atoms with Gasteiger partial charge in [-0.1, -0.05) is 0 Å². The molecule has 0 aliphatic carbocycles. The number of nitrogens with zero attached hydrogens (tertiary/aromatic N) is 5. The molecule has 0 N–H and O–H groups in total. The lowest BCUT2D eigenvalue weighted by Gasteiger charge is -2.19. The molecule has 13 heteroatoms. The number of nitro groups is 1. The lowest BCUT2D eigenvalue weighted by Crippen LogP contribution is -2.10. The topological polar surface area (TPSA) is 88.0 Å². The van der Waals surface area contributed by atoms with Crippen molar-refractivity contribution in [3.63, 3.8) is 0 Å². The highest BCUT2D eigenvalue weighted by Crippen LogP contribution is 2.35. The summed E-state index contributed by atoms with van der Waals surface area (Å²) < 4.78 is 49.6. The first-order chi connectivity index (χ1) is 16.7. The molecule has 0 saturated carbocycles. The number of rotatable bonds is 8. The number of hydrogen-bond donors (Lipinski definition) is 0. The standard InChI is InChI=1S/C22H16Br2F3N5O3/c1-12(35-18-8-14(23)10-29-21(18)32(33)34)17-9-15(25)2-3-16(17)20-28-5-7-30(20)11-13-4-6-31(19(13)24)22(26)27/h2-10,12,22H,11H2,1H3. The van der Waals surface area contributed by atoms with Gasteiger partial charge in [-0.05, 0) is 73.0 Å². The minimum Gasteiger partial charge on any atom is -0.478 e. The SMILES string of the molecule is CC(Oc1cc(Br)cnc1[N+](=O)[O-])c1cc(F)ccc1-c1nccn1Cc1ccn(C(F)F)c1Br. The van der Waals surface area contributed by atoms with Gasteiger partial charge in [-0.25, -0.2) is 9.37 Å². The van der Waals surface area contributed by atoms with Gasteiger partial charge in [0.25, 0.3) is 0 Å². The minimum atomic E-state index is -2.70. The summed E-state index contributed by atoms with van der Waals surface area (Å²) in [6.07, 6.45) is 4.93. The van der Waals surface area contributed by atoms with Crippen LogP contribution in [0.3, 0.4) is 0 Å². The van der Waals surface area contributed by atoms with E-state index in [9.17, 15) is 23.3 Å². The van der Waals surface area contributed by atoms with Crippen LogP contribution in [0.15, 0.2) is 64.2 Å². The van der Waals surface area contributed by atoms with E-state index in [1.807, 2.05) is 0 Å². The molecule has 4 aromatic rings. The summed E-state index contributed by atoms with van der Waals surface area (Å²) in [5, 5.41) is 11.4. The van der Waals surface area contributed by atoms with Gasteiger partial charge >= 0.3 is 12.4 Å². The summed E-state index contributed by atoms with van der Waals surface area (Å²) in [6.45, 7) is -0.864. The molecule has 1 aromatic carbocycles. The molecule has 0 amide bonds. The molecule has 3 aromatic heterocycles. The maximum Gasteiger partial charge on any atom is 0.406 e. The van der Waals surface area contributed by atoms with Crippen LogP contribution in [0.4, 0.5) is 19.0 Å². The largest absolute Gasteiger partial charge is 0.478 e. The van der Waals surface area contributed by atoms with Crippen LogP contribution in [0.25, 0.3) is 11.4 Å². The monoisotopic (exact) mass is 613 g/mol. The van der Waals surface area contributed by atoms with Crippen LogP contribution in [0.5, 0.6) is 5.75 Å². The maximum atomic E-state index is 14.2. The van der Waals surface area contributed by atoms with Crippen LogP contribution in [-0.4, -0.2) is 24.0 Å². The molecular formula is C22H16Br2F3N5O3. The zero-order chi connectivity index (χ0) is 25.3. The van der Waals surface area contributed by atoms with Crippen LogP contribution in [0.1, 0.15) is 30.7 Å². The second kappa shape index (κ2) is 10.2. The van der Waals surface area contributed by atoms with Gasteiger partial charge in [-0.3, -0.25) is 4.57 Å². The summed E-state index contributed by atoms with van der Waals surface area (Å²) in [5.41, 5.74) is 1.49. The molecule has 0 saturated heterocycles. The summed E-state index contributed by atoms with van der Waals surface area (Å²) in [6, 6.07) is 7.02. The maximum absolute atomic E-state index is 14.2. The average Bonchev–Trinajstić information content (AvgIpc) is 3.40. The Labute approximate surface area is 213 Å². The first-order valence-corrected chi connectivity index (χ1v) is 11.6. The highest BCUT2D eigenvalue weighted by atomic mass is 79.9. The molecule has 0 spiro atoms. The number of pyridine rings is 1. The molecule has 0 aliphatic rings. The quantitative estimate of drug-likeness (QED) is 0.159. The van der Waals surface area contributed by atoms with Crippen molar-refractivity contribution in [2.75, 3.05) is 0 Å². The predicted molar refractivity (Wildman–Crippen MR) is 128 cm³/mol. The minimum absolute atomic E-state index is 0.0901. The molecule has 0 radical (unpaired) electrons. The number of halogens is 5. The molecule has 1 unspecified atom stereocenters. The van der Waals surface area contributed by atoms with Crippen LogP contribution >= 0.6 is 31.9 Å². The Balaban J connectivity index is 1.70. The first-order valence-electron chi connectivity index (χ1n) is 10.1. The van der Waals surface area contributed by atoms with Gasteiger partial charge in [0.1, 0.15) is 17.7 Å². The van der Waals surface area contributed by atoms with Gasteiger partial charge in [0.05, 0.1) is 15.6 Å². The molecule has 182 valence electrons. The fourth-order valence-corrected chi connectivity index (χ4v) is 4.41. The Hall–Kier alpha value is -3.19. The number of aromatic nitrogens is 4. The molecular weight excluding hydrogens is 599 g/mol. The Bertz CT molecular complexity index is 1390. The number of hydrogen-bond acceptors (Lipinski definition) is 5. The van der Waals surface area contributed by atoms with Gasteiger partial charge in [0.15, 0.2) is 6.20 Å². The Kier molecular flexibility index (Phi) is 7.26. The van der Waals surface area contributed by atoms with Crippen molar-refractivity contribution in [3.05, 3.63) is 91.3 Å². The predicted octanol–water partition coefficient (Wildman–Crippen LogP) is 6.90. The van der Waals surface area contributed by atoms with Crippen LogP contribution in [-0.2, 0) is 6.54 Å². The molecule has 4 rings (SSSR count). The first kappa shape index (κ1) is 24.9. The summed E-state index contributed by atoms with van der Waals surface area (Å²) >= 11 is 6.42. The van der Waals surface area contributed by atoms with Crippen molar-refractivity contribution in [3.8, 4) is 17.1 Å². The van der Waals surface area contributed by atoms with Gasteiger partial charge in [-0.2, -0.15) is 8.78 Å². The average molecular weight is 615 g/mol. The lowest BCUT2D eigenvalue weighted by molar-refractivity contribution is -0.390. The van der Waals surface area contributed by atoms with E-state index in [0.717, 1.165) is 4.57 Å². The van der Waals surface area contributed by atoms with Crippen molar-refractivity contribution in [1.82, 2.24) is 19.1 Å². The number of imidazole rings is 1. The van der Waals surface area contributed by atoms with Gasteiger partial charge in [0, 0.05) is 41.3 Å². The normalized spacial score (nSPS) is 12.2. The zero-order valence-corrected chi connectivity index (χ0v) is 21.1. The van der Waals surface area contributed by atoms with E-state index >= 15 is 0 Å². The van der Waals surface area contributed by atoms with E-state index in [4.69, 9.17) is 4.74 Å². The molecule has 8 nitrogen and oxygen atoms in total. The summed E-state index contributed by atoms with van der Waals surface area (Å²) in [7, 11) is 0. The van der Waals surface area contributed by atoms with Crippen LogP contribution in [0, 0.1) is 15.9 Å². The van der Waals surface area contributed by atoms with Crippen molar-refractivity contribution >= 4 is 37.7 Å². The Morgan fingerprint density at radius 2 is 1.94 bits per heavy atom. The van der Waals surface area contributed by atoms with Crippen molar-refractivity contribution in [2.24, 2.45) is 0 Å². The van der Waals surface area contributed by atoms with Crippen LogP contribution in [0.2, 0.25) is 0 Å². The fourth-order valence-electron chi connectivity index (χ4n) is 3.57. The van der Waals surface area contributed by atoms with Crippen LogP contribution < -0.4 is 4.74 Å². The van der Waals surface area contributed by atoms with E-state index in [2.05, 4.69) is 41.8 Å². The summed E-state index contributed by atoms with van der Waals surface area (Å²) in [5.74, 6) is -0.662. The molecule has 35 heavy (non-hydrogen) atoms. The second-order valence-electron chi connectivity index (χ2n) is 7.42. The Morgan fingerprint density at radius 3 is 2.63 bits per heavy atom. The third-order valence-corrected chi connectivity index (χ3v) is 6.52. The van der Waals surface area contributed by atoms with E-state index in [0.29, 0.717) is 27.0 Å². The number of benzene rings is 1. The molecule has 3 heterocycles. The summed E-state index contributed by atoms with van der Waals surface area (Å²) in [4.78, 5) is 18.9. The van der Waals surface area contributed by atoms with Gasteiger partial charge < -0.3 is 19.4 Å². The highest BCUT2D eigenvalue weighted by molar-refractivity contribution is 9.10. The molecule has 0 bridgehead atoms. The second-order valence-corrected chi connectivity index (χ2v) is 9.09. The van der Waals surface area contributed by atoms with Crippen molar-refractivity contribution in [2.45, 2.75) is 26.1 Å². The number of ether oxygens (including phenoxy) is 1. The van der Waals surface area contributed by atoms with E-state index < -0.39 is 29.2 Å².